The maximum absolute atomic E-state index is 12.7. The van der Waals surface area contributed by atoms with Gasteiger partial charge >= 0.3 is 0 Å². The van der Waals surface area contributed by atoms with Gasteiger partial charge in [-0.05, 0) is 48.2 Å². The first kappa shape index (κ1) is 22.7. The standard InChI is InChI=1S/C23H25BrN4O3S/c24-21-5-1-19(2-6-21)16-32(30,31)28-12-9-20(10-13-28)23(29)26-15-18-3-7-22(8-4-18)27-14-11-25-17-27/h1-8,11,14,17,20H,9-10,12-13,15-16H2,(H,26,29). The van der Waals surface area contributed by atoms with Crippen molar-refractivity contribution >= 4 is 31.9 Å². The van der Waals surface area contributed by atoms with Gasteiger partial charge in [0.05, 0.1) is 12.1 Å². The lowest BCUT2D eigenvalue weighted by Gasteiger charge is -2.30. The van der Waals surface area contributed by atoms with Crippen LogP contribution in [0.2, 0.25) is 0 Å². The van der Waals surface area contributed by atoms with Crippen molar-refractivity contribution in [1.82, 2.24) is 19.2 Å². The molecule has 1 aromatic heterocycles. The minimum Gasteiger partial charge on any atom is -0.352 e. The summed E-state index contributed by atoms with van der Waals surface area (Å²) in [6.07, 6.45) is 6.41. The molecule has 0 radical (unpaired) electrons. The Morgan fingerprint density at radius 2 is 1.69 bits per heavy atom. The summed E-state index contributed by atoms with van der Waals surface area (Å²) in [7, 11) is -3.40. The molecule has 32 heavy (non-hydrogen) atoms. The lowest BCUT2D eigenvalue weighted by Crippen LogP contribution is -2.43. The molecule has 9 heteroatoms. The molecule has 7 nitrogen and oxygen atoms in total. The van der Waals surface area contributed by atoms with Gasteiger partial charge in [0, 0.05) is 48.1 Å². The van der Waals surface area contributed by atoms with Crippen LogP contribution in [0.4, 0.5) is 0 Å². The van der Waals surface area contributed by atoms with Crippen LogP contribution in [0.5, 0.6) is 0 Å². The van der Waals surface area contributed by atoms with Gasteiger partial charge in [-0.1, -0.05) is 40.2 Å². The SMILES string of the molecule is O=C(NCc1ccc(-n2ccnc2)cc1)C1CCN(S(=O)(=O)Cc2ccc(Br)cc2)CC1. The maximum atomic E-state index is 12.7. The fourth-order valence-electron chi connectivity index (χ4n) is 3.81. The largest absolute Gasteiger partial charge is 0.352 e. The van der Waals surface area contributed by atoms with Crippen molar-refractivity contribution < 1.29 is 13.2 Å². The summed E-state index contributed by atoms with van der Waals surface area (Å²) >= 11 is 3.36. The van der Waals surface area contributed by atoms with Crippen molar-refractivity contribution in [3.05, 3.63) is 82.9 Å². The average molecular weight is 517 g/mol. The van der Waals surface area contributed by atoms with Crippen LogP contribution in [0.3, 0.4) is 0 Å². The molecule has 0 spiro atoms. The van der Waals surface area contributed by atoms with Crippen molar-refractivity contribution in [2.24, 2.45) is 5.92 Å². The second-order valence-electron chi connectivity index (χ2n) is 7.91. The van der Waals surface area contributed by atoms with Crippen molar-refractivity contribution in [2.75, 3.05) is 13.1 Å². The number of piperidine rings is 1. The monoisotopic (exact) mass is 516 g/mol. The molecular weight excluding hydrogens is 492 g/mol. The number of nitrogens with one attached hydrogen (secondary N) is 1. The third-order valence-corrected chi connectivity index (χ3v) is 8.06. The Balaban J connectivity index is 1.25. The average Bonchev–Trinajstić information content (AvgIpc) is 3.34. The van der Waals surface area contributed by atoms with Crippen LogP contribution < -0.4 is 5.32 Å². The van der Waals surface area contributed by atoms with E-state index in [9.17, 15) is 13.2 Å². The first-order valence-electron chi connectivity index (χ1n) is 10.5. The third-order valence-electron chi connectivity index (χ3n) is 5.69. The molecule has 1 amide bonds. The number of halogens is 1. The molecule has 2 aromatic carbocycles. The van der Waals surface area contributed by atoms with Gasteiger partial charge in [0.1, 0.15) is 0 Å². The predicted molar refractivity (Wildman–Crippen MR) is 126 cm³/mol. The van der Waals surface area contributed by atoms with Gasteiger partial charge in [0.2, 0.25) is 15.9 Å². The maximum Gasteiger partial charge on any atom is 0.223 e. The van der Waals surface area contributed by atoms with E-state index >= 15 is 0 Å². The molecule has 4 rings (SSSR count). The Bertz CT molecular complexity index is 1140. The molecule has 0 saturated carbocycles. The molecule has 0 bridgehead atoms. The number of aromatic nitrogens is 2. The number of sulfonamides is 1. The van der Waals surface area contributed by atoms with Gasteiger partial charge in [-0.15, -0.1) is 0 Å². The van der Waals surface area contributed by atoms with E-state index in [2.05, 4.69) is 26.2 Å². The number of hydrogen-bond donors (Lipinski definition) is 1. The van der Waals surface area contributed by atoms with E-state index in [1.54, 1.807) is 12.5 Å². The van der Waals surface area contributed by atoms with E-state index in [1.807, 2.05) is 59.3 Å². The first-order chi connectivity index (χ1) is 15.4. The summed E-state index contributed by atoms with van der Waals surface area (Å²) in [6, 6.07) is 15.2. The van der Waals surface area contributed by atoms with Crippen molar-refractivity contribution in [3.63, 3.8) is 0 Å². The molecule has 0 aliphatic carbocycles. The molecule has 1 aliphatic heterocycles. The number of benzene rings is 2. The first-order valence-corrected chi connectivity index (χ1v) is 12.9. The van der Waals surface area contributed by atoms with Crippen LogP contribution in [0.1, 0.15) is 24.0 Å². The van der Waals surface area contributed by atoms with Crippen molar-refractivity contribution in [3.8, 4) is 5.69 Å². The summed E-state index contributed by atoms with van der Waals surface area (Å²) < 4.78 is 29.8. The molecule has 1 saturated heterocycles. The highest BCUT2D eigenvalue weighted by molar-refractivity contribution is 9.10. The molecule has 0 unspecified atom stereocenters. The second kappa shape index (κ2) is 9.97. The van der Waals surface area contributed by atoms with Crippen molar-refractivity contribution in [1.29, 1.82) is 0 Å². The number of carbonyl (C=O) groups excluding carboxylic acids is 1. The predicted octanol–water partition coefficient (Wildman–Crippen LogP) is 3.49. The zero-order valence-corrected chi connectivity index (χ0v) is 19.9. The van der Waals surface area contributed by atoms with E-state index in [1.165, 1.54) is 4.31 Å². The molecule has 0 atom stereocenters. The van der Waals surface area contributed by atoms with Gasteiger partial charge < -0.3 is 9.88 Å². The number of amides is 1. The lowest BCUT2D eigenvalue weighted by molar-refractivity contribution is -0.126. The fourth-order valence-corrected chi connectivity index (χ4v) is 5.64. The van der Waals surface area contributed by atoms with E-state index in [0.717, 1.165) is 21.3 Å². The molecule has 168 valence electrons. The van der Waals surface area contributed by atoms with Crippen LogP contribution >= 0.6 is 15.9 Å². The number of rotatable bonds is 7. The van der Waals surface area contributed by atoms with Crippen LogP contribution in [0.15, 0.2) is 71.7 Å². The zero-order valence-electron chi connectivity index (χ0n) is 17.5. The Kier molecular flexibility index (Phi) is 7.07. The highest BCUT2D eigenvalue weighted by Crippen LogP contribution is 2.22. The molecule has 1 fully saturated rings. The normalized spacial score (nSPS) is 15.5. The smallest absolute Gasteiger partial charge is 0.223 e. The quantitative estimate of drug-likeness (QED) is 0.520. The molecule has 1 N–H and O–H groups in total. The van der Waals surface area contributed by atoms with Gasteiger partial charge in [-0.3, -0.25) is 4.79 Å². The summed E-state index contributed by atoms with van der Waals surface area (Å²) in [6.45, 7) is 1.19. The Morgan fingerprint density at radius 3 is 2.31 bits per heavy atom. The van der Waals surface area contributed by atoms with Gasteiger partial charge in [-0.2, -0.15) is 0 Å². The van der Waals surface area contributed by atoms with Crippen molar-refractivity contribution in [2.45, 2.75) is 25.1 Å². The molecule has 3 aromatic rings. The summed E-state index contributed by atoms with van der Waals surface area (Å²) in [5, 5.41) is 2.99. The summed E-state index contributed by atoms with van der Waals surface area (Å²) in [5.41, 5.74) is 2.78. The number of hydrogen-bond acceptors (Lipinski definition) is 4. The Hall–Kier alpha value is -2.49. The fraction of sp³-hybridized carbons (Fsp3) is 0.304. The van der Waals surface area contributed by atoms with Crippen LogP contribution in [0.25, 0.3) is 5.69 Å². The van der Waals surface area contributed by atoms with Gasteiger partial charge in [0.25, 0.3) is 0 Å². The second-order valence-corrected chi connectivity index (χ2v) is 10.8. The van der Waals surface area contributed by atoms with Gasteiger partial charge in [-0.25, -0.2) is 17.7 Å². The van der Waals surface area contributed by atoms with E-state index in [0.29, 0.717) is 32.5 Å². The van der Waals surface area contributed by atoms with Crippen LogP contribution in [-0.2, 0) is 27.1 Å². The highest BCUT2D eigenvalue weighted by atomic mass is 79.9. The van der Waals surface area contributed by atoms with Crippen LogP contribution in [-0.4, -0.2) is 41.3 Å². The minimum absolute atomic E-state index is 0.0198. The lowest BCUT2D eigenvalue weighted by atomic mass is 9.97. The Labute approximate surface area is 196 Å². The topological polar surface area (TPSA) is 84.3 Å². The molecule has 2 heterocycles. The zero-order chi connectivity index (χ0) is 22.6. The third kappa shape index (κ3) is 5.65. The van der Waals surface area contributed by atoms with E-state index in [-0.39, 0.29) is 17.6 Å². The van der Waals surface area contributed by atoms with E-state index < -0.39 is 10.0 Å². The molecule has 1 aliphatic rings. The Morgan fingerprint density at radius 1 is 1.03 bits per heavy atom. The number of nitrogens with zero attached hydrogens (tertiary/aromatic N) is 3. The summed E-state index contributed by atoms with van der Waals surface area (Å²) in [5.74, 6) is -0.209. The van der Waals surface area contributed by atoms with E-state index in [4.69, 9.17) is 0 Å². The van der Waals surface area contributed by atoms with Crippen LogP contribution in [0, 0.1) is 5.92 Å². The molecular formula is C23H25BrN4O3S. The highest BCUT2D eigenvalue weighted by Gasteiger charge is 2.31. The number of imidazole rings is 1. The minimum atomic E-state index is -3.40. The number of carbonyl (C=O) groups is 1. The van der Waals surface area contributed by atoms with Gasteiger partial charge in [0.15, 0.2) is 0 Å². The summed E-state index contributed by atoms with van der Waals surface area (Å²) in [4.78, 5) is 16.6.